The Morgan fingerprint density at radius 3 is 1.84 bits per heavy atom. The topological polar surface area (TPSA) is 114 Å². The quantitative estimate of drug-likeness (QED) is 0.448. The Morgan fingerprint density at radius 1 is 0.806 bits per heavy atom. The van der Waals surface area contributed by atoms with Crippen LogP contribution in [0.2, 0.25) is 0 Å². The van der Waals surface area contributed by atoms with Crippen molar-refractivity contribution in [3.05, 3.63) is 29.8 Å². The maximum Gasteiger partial charge on any atom is 0.303 e. The van der Waals surface area contributed by atoms with Crippen molar-refractivity contribution in [1.82, 2.24) is 0 Å². The van der Waals surface area contributed by atoms with Gasteiger partial charge >= 0.3 is 23.9 Å². The van der Waals surface area contributed by atoms with E-state index in [1.807, 2.05) is 31.2 Å². The molecule has 1 aliphatic rings. The van der Waals surface area contributed by atoms with Gasteiger partial charge in [0.05, 0.1) is 0 Å². The Hall–Kier alpha value is -2.59. The summed E-state index contributed by atoms with van der Waals surface area (Å²) in [6, 6.07) is 7.56. The molecule has 3 unspecified atom stereocenters. The fourth-order valence-electron chi connectivity index (χ4n) is 3.03. The maximum absolute atomic E-state index is 11.8. The van der Waals surface area contributed by atoms with E-state index in [2.05, 4.69) is 0 Å². The van der Waals surface area contributed by atoms with Crippen molar-refractivity contribution in [2.45, 2.75) is 69.4 Å². The minimum Gasteiger partial charge on any atom is -0.463 e. The molecule has 0 saturated carbocycles. The monoisotopic (exact) mass is 454 g/mol. The first-order valence-corrected chi connectivity index (χ1v) is 10.5. The molecule has 0 bridgehead atoms. The molecule has 5 atom stereocenters. The number of rotatable bonds is 7. The summed E-state index contributed by atoms with van der Waals surface area (Å²) in [6.45, 7) is 6.51. The van der Waals surface area contributed by atoms with Crippen molar-refractivity contribution in [2.75, 3.05) is 6.61 Å². The van der Waals surface area contributed by atoms with Gasteiger partial charge in [0, 0.05) is 32.6 Å². The van der Waals surface area contributed by atoms with Gasteiger partial charge in [0.25, 0.3) is 0 Å². The minimum absolute atomic E-state index is 0.247. The molecule has 9 nitrogen and oxygen atoms in total. The van der Waals surface area contributed by atoms with Crippen LogP contribution in [-0.4, -0.2) is 60.3 Å². The summed E-state index contributed by atoms with van der Waals surface area (Å²) in [5, 5.41) is 0. The smallest absolute Gasteiger partial charge is 0.303 e. The molecule has 1 aromatic rings. The Bertz CT molecular complexity index is 808. The molecule has 0 N–H and O–H groups in total. The number of esters is 4. The molecule has 0 aromatic heterocycles. The first-order chi connectivity index (χ1) is 14.6. The van der Waals surface area contributed by atoms with Crippen LogP contribution in [-0.2, 0) is 42.9 Å². The van der Waals surface area contributed by atoms with E-state index in [0.717, 1.165) is 10.5 Å². The van der Waals surface area contributed by atoms with Crippen molar-refractivity contribution >= 4 is 35.6 Å². The van der Waals surface area contributed by atoms with Crippen molar-refractivity contribution in [3.8, 4) is 0 Å². The van der Waals surface area contributed by atoms with Crippen LogP contribution in [0.5, 0.6) is 0 Å². The fourth-order valence-corrected chi connectivity index (χ4v) is 4.14. The van der Waals surface area contributed by atoms with Crippen molar-refractivity contribution in [1.29, 1.82) is 0 Å². The molecule has 31 heavy (non-hydrogen) atoms. The molecular formula is C21H26O9S. The molecule has 1 saturated heterocycles. The van der Waals surface area contributed by atoms with Crippen LogP contribution in [0.15, 0.2) is 29.2 Å². The summed E-state index contributed by atoms with van der Waals surface area (Å²) in [5.74, 6) is -2.50. The number of carbonyl (C=O) groups is 4. The third kappa shape index (κ3) is 7.55. The van der Waals surface area contributed by atoms with E-state index >= 15 is 0 Å². The summed E-state index contributed by atoms with van der Waals surface area (Å²) in [5.41, 5.74) is 0.231. The molecule has 0 amide bonds. The van der Waals surface area contributed by atoms with Gasteiger partial charge in [0.2, 0.25) is 0 Å². The molecule has 1 heterocycles. The zero-order valence-corrected chi connectivity index (χ0v) is 18.8. The van der Waals surface area contributed by atoms with Gasteiger partial charge in [-0.05, 0) is 19.1 Å². The maximum atomic E-state index is 11.8. The van der Waals surface area contributed by atoms with Crippen LogP contribution in [0.4, 0.5) is 0 Å². The Kier molecular flexibility index (Phi) is 8.88. The largest absolute Gasteiger partial charge is 0.463 e. The molecule has 0 radical (unpaired) electrons. The predicted molar refractivity (Wildman–Crippen MR) is 109 cm³/mol. The van der Waals surface area contributed by atoms with E-state index in [0.29, 0.717) is 0 Å². The zero-order chi connectivity index (χ0) is 23.1. The number of ether oxygens (including phenoxy) is 5. The summed E-state index contributed by atoms with van der Waals surface area (Å²) in [4.78, 5) is 47.5. The van der Waals surface area contributed by atoms with Crippen LogP contribution in [0.1, 0.15) is 33.3 Å². The van der Waals surface area contributed by atoms with Crippen LogP contribution in [0.3, 0.4) is 0 Å². The highest BCUT2D eigenvalue weighted by Gasteiger charge is 2.52. The van der Waals surface area contributed by atoms with Crippen LogP contribution < -0.4 is 0 Å². The number of hydrogen-bond acceptors (Lipinski definition) is 10. The average molecular weight is 454 g/mol. The van der Waals surface area contributed by atoms with Gasteiger partial charge in [-0.15, -0.1) is 0 Å². The normalized spacial score (nSPS) is 25.3. The van der Waals surface area contributed by atoms with Crippen LogP contribution >= 0.6 is 11.8 Å². The molecule has 1 aliphatic heterocycles. The van der Waals surface area contributed by atoms with Gasteiger partial charge in [-0.1, -0.05) is 29.5 Å². The summed E-state index contributed by atoms with van der Waals surface area (Å²) in [7, 11) is 0. The van der Waals surface area contributed by atoms with Crippen LogP contribution in [0, 0.1) is 6.92 Å². The fraction of sp³-hybridized carbons (Fsp3) is 0.524. The van der Waals surface area contributed by atoms with E-state index in [9.17, 15) is 19.2 Å². The average Bonchev–Trinajstić information content (AvgIpc) is 2.65. The van der Waals surface area contributed by atoms with Gasteiger partial charge in [0.15, 0.2) is 18.3 Å². The third-order valence-corrected chi connectivity index (χ3v) is 5.38. The van der Waals surface area contributed by atoms with E-state index < -0.39 is 53.7 Å². The van der Waals surface area contributed by atoms with Gasteiger partial charge in [-0.3, -0.25) is 19.2 Å². The molecule has 10 heteroatoms. The van der Waals surface area contributed by atoms with Crippen molar-refractivity contribution < 1.29 is 42.9 Å². The zero-order valence-electron chi connectivity index (χ0n) is 18.0. The standard InChI is InChI=1S/C21H26O9S/c1-11-6-8-16(9-7-11)31-21-20(29-15(5)25)19(28-14(4)24)18(27-13(3)23)17(30-21)10-26-12(2)22/h6-9,17-21H,10H2,1-5H3/t17?,18-,19?,20?,21-/m0/s1. The molecule has 1 aromatic carbocycles. The summed E-state index contributed by atoms with van der Waals surface area (Å²) >= 11 is 1.24. The molecule has 0 aliphatic carbocycles. The number of aryl methyl sites for hydroxylation is 1. The lowest BCUT2D eigenvalue weighted by atomic mass is 9.99. The lowest BCUT2D eigenvalue weighted by molar-refractivity contribution is -0.237. The molecule has 170 valence electrons. The molecule has 1 fully saturated rings. The second-order valence-corrected chi connectivity index (χ2v) is 8.17. The lowest BCUT2D eigenvalue weighted by Crippen LogP contribution is -2.61. The Labute approximate surface area is 184 Å². The second kappa shape index (κ2) is 11.1. The highest BCUT2D eigenvalue weighted by Crippen LogP contribution is 2.37. The van der Waals surface area contributed by atoms with Gasteiger partial charge in [-0.25, -0.2) is 0 Å². The highest BCUT2D eigenvalue weighted by molar-refractivity contribution is 7.99. The number of thioether (sulfide) groups is 1. The first kappa shape index (κ1) is 24.7. The van der Waals surface area contributed by atoms with E-state index in [4.69, 9.17) is 23.7 Å². The molecule has 2 rings (SSSR count). The minimum atomic E-state index is -1.16. The van der Waals surface area contributed by atoms with E-state index in [-0.39, 0.29) is 6.61 Å². The summed E-state index contributed by atoms with van der Waals surface area (Å²) in [6.07, 6.45) is -4.35. The lowest BCUT2D eigenvalue weighted by Gasteiger charge is -2.44. The Morgan fingerprint density at radius 2 is 1.32 bits per heavy atom. The van der Waals surface area contributed by atoms with Gasteiger partial charge < -0.3 is 23.7 Å². The Balaban J connectivity index is 2.43. The highest BCUT2D eigenvalue weighted by atomic mass is 32.2. The van der Waals surface area contributed by atoms with Crippen LogP contribution in [0.25, 0.3) is 0 Å². The van der Waals surface area contributed by atoms with Gasteiger partial charge in [0.1, 0.15) is 18.1 Å². The SMILES string of the molecule is CC(=O)OCC1O[C@@H](Sc2ccc(C)cc2)C(OC(C)=O)C(OC(C)=O)[C@H]1OC(C)=O. The molecular weight excluding hydrogens is 428 g/mol. The third-order valence-electron chi connectivity index (χ3n) is 4.22. The van der Waals surface area contributed by atoms with E-state index in [1.54, 1.807) is 0 Å². The number of hydrogen-bond donors (Lipinski definition) is 0. The predicted octanol–water partition coefficient (Wildman–Crippen LogP) is 2.17. The van der Waals surface area contributed by atoms with Crippen molar-refractivity contribution in [3.63, 3.8) is 0 Å². The number of carbonyl (C=O) groups excluding carboxylic acids is 4. The van der Waals surface area contributed by atoms with Crippen molar-refractivity contribution in [2.24, 2.45) is 0 Å². The van der Waals surface area contributed by atoms with E-state index in [1.165, 1.54) is 39.5 Å². The molecule has 0 spiro atoms. The van der Waals surface area contributed by atoms with Gasteiger partial charge in [-0.2, -0.15) is 0 Å². The second-order valence-electron chi connectivity index (χ2n) is 7.00. The number of benzene rings is 1. The first-order valence-electron chi connectivity index (χ1n) is 9.60. The summed E-state index contributed by atoms with van der Waals surface area (Å²) < 4.78 is 27.3.